The number of rotatable bonds is 1. The van der Waals surface area contributed by atoms with Gasteiger partial charge in [-0.15, -0.1) is 11.8 Å². The number of carbonyl (C=O) groups is 1. The topological polar surface area (TPSA) is 26.3 Å². The molecule has 1 saturated heterocycles. The second-order valence-electron chi connectivity index (χ2n) is 5.52. The molecule has 4 heteroatoms. The molecule has 0 N–H and O–H groups in total. The van der Waals surface area contributed by atoms with Crippen LogP contribution in [0.3, 0.4) is 0 Å². The molecule has 2 heterocycles. The minimum Gasteiger partial charge on any atom is -0.394 e. The number of thioether (sulfide) groups is 1. The highest BCUT2D eigenvalue weighted by Crippen LogP contribution is 2.66. The third-order valence-corrected chi connectivity index (χ3v) is 6.84. The lowest BCUT2D eigenvalue weighted by atomic mass is 9.69. The van der Waals surface area contributed by atoms with Crippen LogP contribution in [-0.2, 0) is 8.98 Å². The third kappa shape index (κ3) is 1.05. The summed E-state index contributed by atoms with van der Waals surface area (Å²) in [5.41, 5.74) is 0. The van der Waals surface area contributed by atoms with Gasteiger partial charge in [0.25, 0.3) is 0 Å². The normalized spacial score (nSPS) is 55.7. The first-order valence-corrected chi connectivity index (χ1v) is 7.29. The van der Waals surface area contributed by atoms with E-state index in [1.807, 2.05) is 0 Å². The molecule has 86 valence electrons. The van der Waals surface area contributed by atoms with E-state index in [1.54, 1.807) is 0 Å². The minimum atomic E-state index is -0.0916. The van der Waals surface area contributed by atoms with Crippen molar-refractivity contribution in [1.29, 1.82) is 0 Å². The fraction of sp³-hybridized carbons (Fsp3) is 0.750. The molecule has 2 saturated carbocycles. The molecule has 4 bridgehead atoms. The van der Waals surface area contributed by atoms with E-state index in [0.29, 0.717) is 11.2 Å². The Morgan fingerprint density at radius 3 is 2.75 bits per heavy atom. The van der Waals surface area contributed by atoms with Crippen LogP contribution in [0.1, 0.15) is 12.8 Å². The van der Waals surface area contributed by atoms with Crippen LogP contribution in [-0.4, -0.2) is 16.5 Å². The molecule has 0 aromatic rings. The molecule has 2 nitrogen and oxygen atoms in total. The van der Waals surface area contributed by atoms with Gasteiger partial charge in [0.15, 0.2) is 0 Å². The van der Waals surface area contributed by atoms with E-state index in [0.717, 1.165) is 29.4 Å². The summed E-state index contributed by atoms with van der Waals surface area (Å²) in [5, 5.41) is 1.43. The van der Waals surface area contributed by atoms with Crippen molar-refractivity contribution < 1.29 is 8.98 Å². The van der Waals surface area contributed by atoms with Crippen molar-refractivity contribution in [3.8, 4) is 0 Å². The zero-order valence-electron chi connectivity index (χ0n) is 8.78. The first kappa shape index (κ1) is 9.89. The van der Waals surface area contributed by atoms with Crippen LogP contribution in [0.15, 0.2) is 12.2 Å². The summed E-state index contributed by atoms with van der Waals surface area (Å²) in [5.74, 6) is 2.98. The minimum absolute atomic E-state index is 0.0916. The van der Waals surface area contributed by atoms with Gasteiger partial charge >= 0.3 is 5.97 Å². The summed E-state index contributed by atoms with van der Waals surface area (Å²) < 4.78 is 4.65. The molecule has 0 radical (unpaired) electrons. The van der Waals surface area contributed by atoms with Gasteiger partial charge in [-0.25, -0.2) is 0 Å². The third-order valence-electron chi connectivity index (χ3n) is 5.09. The maximum Gasteiger partial charge on any atom is 0.321 e. The molecular formula is C12H14O2S2. The van der Waals surface area contributed by atoms with Crippen LogP contribution in [0.5, 0.6) is 0 Å². The number of hydrogen-bond donors (Lipinski definition) is 1. The number of carbonyl (C=O) groups excluding carboxylic acids is 1. The SMILES string of the molecule is O=C(OS)C1CC2CC1C1C3C=CC(S3)C21. The molecule has 7 atom stereocenters. The van der Waals surface area contributed by atoms with Crippen LogP contribution in [0.25, 0.3) is 0 Å². The molecule has 3 fully saturated rings. The summed E-state index contributed by atoms with van der Waals surface area (Å²) >= 11 is 5.78. The Kier molecular flexibility index (Phi) is 1.99. The Labute approximate surface area is 105 Å². The Hall–Kier alpha value is -0.0900. The maximum absolute atomic E-state index is 11.7. The van der Waals surface area contributed by atoms with Crippen LogP contribution in [0.4, 0.5) is 0 Å². The molecule has 0 spiro atoms. The predicted octanol–water partition coefficient (Wildman–Crippen LogP) is 2.32. The predicted molar refractivity (Wildman–Crippen MR) is 66.1 cm³/mol. The van der Waals surface area contributed by atoms with Crippen molar-refractivity contribution in [1.82, 2.24) is 0 Å². The summed E-state index contributed by atoms with van der Waals surface area (Å²) in [4.78, 5) is 11.7. The molecule has 0 aromatic carbocycles. The summed E-state index contributed by atoms with van der Waals surface area (Å²) in [6.45, 7) is 0. The first-order valence-electron chi connectivity index (χ1n) is 5.98. The highest BCUT2D eigenvalue weighted by Gasteiger charge is 2.63. The summed E-state index contributed by atoms with van der Waals surface area (Å²) in [6, 6.07) is 0. The number of thiol groups is 1. The average molecular weight is 254 g/mol. The first-order chi connectivity index (χ1) is 7.79. The lowest BCUT2D eigenvalue weighted by Crippen LogP contribution is -2.36. The fourth-order valence-electron chi connectivity index (χ4n) is 4.67. The molecule has 7 unspecified atom stereocenters. The van der Waals surface area contributed by atoms with E-state index in [4.69, 9.17) is 0 Å². The van der Waals surface area contributed by atoms with Crippen LogP contribution < -0.4 is 0 Å². The van der Waals surface area contributed by atoms with Gasteiger partial charge in [-0.2, -0.15) is 0 Å². The van der Waals surface area contributed by atoms with Gasteiger partial charge in [0.1, 0.15) is 0 Å². The lowest BCUT2D eigenvalue weighted by molar-refractivity contribution is -0.140. The largest absolute Gasteiger partial charge is 0.394 e. The van der Waals surface area contributed by atoms with Crippen molar-refractivity contribution >= 4 is 30.6 Å². The van der Waals surface area contributed by atoms with Gasteiger partial charge in [0, 0.05) is 23.4 Å². The second kappa shape index (κ2) is 3.22. The highest BCUT2D eigenvalue weighted by atomic mass is 32.2. The highest BCUT2D eigenvalue weighted by molar-refractivity contribution is 8.01. The smallest absolute Gasteiger partial charge is 0.321 e. The van der Waals surface area contributed by atoms with Crippen molar-refractivity contribution in [2.45, 2.75) is 23.3 Å². The van der Waals surface area contributed by atoms with E-state index in [-0.39, 0.29) is 11.9 Å². The molecule has 4 aliphatic rings. The Morgan fingerprint density at radius 1 is 1.25 bits per heavy atom. The summed E-state index contributed by atoms with van der Waals surface area (Å²) in [7, 11) is 0. The molecule has 0 amide bonds. The standard InChI is InChI=1S/C12H14O2S2/c13-12(14-15)7-4-5-3-6(7)11-9-2-1-8(16-9)10(5)11/h1-2,5-11,15H,3-4H2. The van der Waals surface area contributed by atoms with E-state index in [9.17, 15) is 4.79 Å². The maximum atomic E-state index is 11.7. The zero-order valence-corrected chi connectivity index (χ0v) is 10.5. The fourth-order valence-corrected chi connectivity index (χ4v) is 6.68. The Morgan fingerprint density at radius 2 is 2.00 bits per heavy atom. The van der Waals surface area contributed by atoms with Gasteiger partial charge in [-0.1, -0.05) is 12.2 Å². The molecule has 2 aliphatic carbocycles. The van der Waals surface area contributed by atoms with Crippen LogP contribution in [0.2, 0.25) is 0 Å². The molecule has 2 aliphatic heterocycles. The zero-order chi connectivity index (χ0) is 10.9. The van der Waals surface area contributed by atoms with Crippen molar-refractivity contribution in [3.63, 3.8) is 0 Å². The van der Waals surface area contributed by atoms with Gasteiger partial charge in [-0.3, -0.25) is 4.79 Å². The number of hydrogen-bond acceptors (Lipinski definition) is 4. The van der Waals surface area contributed by atoms with Gasteiger partial charge in [0.2, 0.25) is 0 Å². The van der Waals surface area contributed by atoms with E-state index < -0.39 is 0 Å². The van der Waals surface area contributed by atoms with Gasteiger partial charge in [0.05, 0.1) is 5.92 Å². The monoisotopic (exact) mass is 254 g/mol. The molecule has 0 aromatic heterocycles. The average Bonchev–Trinajstić information content (AvgIpc) is 3.03. The van der Waals surface area contributed by atoms with Crippen molar-refractivity contribution in [3.05, 3.63) is 12.2 Å². The van der Waals surface area contributed by atoms with Crippen LogP contribution >= 0.6 is 24.7 Å². The van der Waals surface area contributed by atoms with E-state index >= 15 is 0 Å². The van der Waals surface area contributed by atoms with Gasteiger partial charge in [-0.05, 0) is 36.5 Å². The second-order valence-corrected chi connectivity index (χ2v) is 7.06. The quantitative estimate of drug-likeness (QED) is 0.442. The van der Waals surface area contributed by atoms with Crippen molar-refractivity contribution in [2.75, 3.05) is 0 Å². The van der Waals surface area contributed by atoms with E-state index in [1.165, 1.54) is 6.42 Å². The molecule has 16 heavy (non-hydrogen) atoms. The molecular weight excluding hydrogens is 240 g/mol. The Balaban J connectivity index is 1.66. The number of fused-ring (bicyclic) bond motifs is 9. The van der Waals surface area contributed by atoms with Crippen LogP contribution in [0, 0.1) is 29.6 Å². The summed E-state index contributed by atoms with van der Waals surface area (Å²) in [6.07, 6.45) is 7.05. The van der Waals surface area contributed by atoms with E-state index in [2.05, 4.69) is 41.0 Å². The van der Waals surface area contributed by atoms with Gasteiger partial charge < -0.3 is 4.18 Å². The van der Waals surface area contributed by atoms with Crippen molar-refractivity contribution in [2.24, 2.45) is 29.6 Å². The Bertz CT molecular complexity index is 381. The molecule has 4 rings (SSSR count). The lowest BCUT2D eigenvalue weighted by Gasteiger charge is -2.34.